The number of carbonyl (C=O) groups is 1. The molecule has 0 bridgehead atoms. The second kappa shape index (κ2) is 8.24. The molecule has 0 spiro atoms. The van der Waals surface area contributed by atoms with E-state index in [0.29, 0.717) is 18.0 Å². The fraction of sp³-hybridized carbons (Fsp3) is 0.857. The van der Waals surface area contributed by atoms with Crippen molar-refractivity contribution < 1.29 is 24.5 Å². The maximum absolute atomic E-state index is 11.6. The summed E-state index contributed by atoms with van der Waals surface area (Å²) in [5.74, 6) is 0. The highest BCUT2D eigenvalue weighted by molar-refractivity contribution is 8.14. The molecule has 25 heavy (non-hydrogen) atoms. The number of hydrogen-bond donors (Lipinski definition) is 3. The number of alkyl carbamates (subject to hydrolysis) is 1. The summed E-state index contributed by atoms with van der Waals surface area (Å²) >= 11 is 1.33. The fourth-order valence-electron chi connectivity index (χ4n) is 2.46. The third kappa shape index (κ3) is 5.48. The Morgan fingerprint density at radius 2 is 2.20 bits per heavy atom. The van der Waals surface area contributed by atoms with Crippen molar-refractivity contribution >= 4 is 22.9 Å². The molecule has 1 saturated heterocycles. The molecule has 2 rings (SSSR count). The van der Waals surface area contributed by atoms with Crippen molar-refractivity contribution in [3.63, 3.8) is 0 Å². The normalized spacial score (nSPS) is 31.6. The molecule has 11 heteroatoms. The molecule has 0 aromatic rings. The zero-order valence-electron chi connectivity index (χ0n) is 14.3. The number of hydrogen-bond acceptors (Lipinski definition) is 8. The van der Waals surface area contributed by atoms with Crippen LogP contribution < -0.4 is 5.32 Å². The first-order valence-corrected chi connectivity index (χ1v) is 8.82. The maximum Gasteiger partial charge on any atom is 0.407 e. The molecule has 140 valence electrons. The van der Waals surface area contributed by atoms with Crippen LogP contribution in [0.4, 0.5) is 4.79 Å². The highest BCUT2D eigenvalue weighted by atomic mass is 32.2. The number of rotatable bonds is 5. The molecule has 10 nitrogen and oxygen atoms in total. The summed E-state index contributed by atoms with van der Waals surface area (Å²) in [6, 6.07) is -0.584. The number of azide groups is 1. The highest BCUT2D eigenvalue weighted by Gasteiger charge is 2.47. The van der Waals surface area contributed by atoms with Gasteiger partial charge in [0.1, 0.15) is 29.3 Å². The summed E-state index contributed by atoms with van der Waals surface area (Å²) in [5.41, 5.74) is 7.37. The van der Waals surface area contributed by atoms with Crippen molar-refractivity contribution in [3.05, 3.63) is 10.4 Å². The number of aliphatic imine (C=N–C) groups is 1. The molecule has 5 atom stereocenters. The predicted molar refractivity (Wildman–Crippen MR) is 92.4 cm³/mol. The number of amides is 1. The lowest BCUT2D eigenvalue weighted by Gasteiger charge is -2.37. The van der Waals surface area contributed by atoms with E-state index in [1.165, 1.54) is 11.8 Å². The summed E-state index contributed by atoms with van der Waals surface area (Å²) < 4.78 is 10.8. The minimum atomic E-state index is -1.17. The standard InChI is InChI=1S/C14H23N5O5S/c1-14(2,3)24-13(22)16-5-4-8-18-9-11(21)10(20)7(6-17-19-15)23-12(9)25-8/h7,9-12,20-21H,4-6H2,1-3H3,(H,16,22)/t7?,9-,10+,11+,12+/m0/s1. The van der Waals surface area contributed by atoms with E-state index in [2.05, 4.69) is 20.3 Å². The molecular weight excluding hydrogens is 350 g/mol. The molecule has 2 aliphatic rings. The third-order valence-electron chi connectivity index (χ3n) is 3.55. The Labute approximate surface area is 149 Å². The number of nitrogens with zero attached hydrogens (tertiary/aromatic N) is 4. The topological polar surface area (TPSA) is 149 Å². The quantitative estimate of drug-likeness (QED) is 0.374. The van der Waals surface area contributed by atoms with Crippen molar-refractivity contribution in [2.45, 2.75) is 62.6 Å². The predicted octanol–water partition coefficient (Wildman–Crippen LogP) is 1.17. The van der Waals surface area contributed by atoms with Gasteiger partial charge in [0.2, 0.25) is 0 Å². The summed E-state index contributed by atoms with van der Waals surface area (Å²) in [7, 11) is 0. The van der Waals surface area contributed by atoms with Crippen LogP contribution in [-0.4, -0.2) is 69.8 Å². The first kappa shape index (κ1) is 19.8. The SMILES string of the molecule is CC(C)(C)OC(=O)NCCC1=N[C@H]2[C@@H](O)[C@H](O)C(CN=[N+]=[N-])O[C@@H]2S1. The van der Waals surface area contributed by atoms with Crippen LogP contribution in [0.15, 0.2) is 10.1 Å². The van der Waals surface area contributed by atoms with Crippen molar-refractivity contribution in [3.8, 4) is 0 Å². The summed E-state index contributed by atoms with van der Waals surface area (Å²) in [4.78, 5) is 18.6. The average molecular weight is 373 g/mol. The van der Waals surface area contributed by atoms with Gasteiger partial charge < -0.3 is 25.0 Å². The Balaban J connectivity index is 1.84. The van der Waals surface area contributed by atoms with Crippen LogP contribution in [0, 0.1) is 0 Å². The molecule has 0 aliphatic carbocycles. The lowest BCUT2D eigenvalue weighted by atomic mass is 9.98. The monoisotopic (exact) mass is 373 g/mol. The Morgan fingerprint density at radius 3 is 2.84 bits per heavy atom. The van der Waals surface area contributed by atoms with Crippen LogP contribution >= 0.6 is 11.8 Å². The molecule has 0 aromatic heterocycles. The first-order chi connectivity index (χ1) is 11.7. The lowest BCUT2D eigenvalue weighted by Crippen LogP contribution is -2.55. The van der Waals surface area contributed by atoms with E-state index < -0.39 is 41.5 Å². The number of fused-ring (bicyclic) bond motifs is 1. The number of thioether (sulfide) groups is 1. The van der Waals surface area contributed by atoms with Gasteiger partial charge in [-0.3, -0.25) is 4.99 Å². The molecular formula is C14H23N5O5S. The second-order valence-corrected chi connectivity index (χ2v) is 7.92. The average Bonchev–Trinajstić information content (AvgIpc) is 2.90. The van der Waals surface area contributed by atoms with E-state index in [1.54, 1.807) is 20.8 Å². The van der Waals surface area contributed by atoms with Crippen LogP contribution in [-0.2, 0) is 9.47 Å². The molecule has 2 aliphatic heterocycles. The van der Waals surface area contributed by atoms with Crippen molar-refractivity contribution in [2.75, 3.05) is 13.1 Å². The zero-order chi connectivity index (χ0) is 18.6. The molecule has 3 N–H and O–H groups in total. The van der Waals surface area contributed by atoms with Gasteiger partial charge in [-0.15, -0.1) is 0 Å². The number of carbonyl (C=O) groups excluding carboxylic acids is 1. The molecule has 0 saturated carbocycles. The Morgan fingerprint density at radius 1 is 1.48 bits per heavy atom. The van der Waals surface area contributed by atoms with Gasteiger partial charge in [0, 0.05) is 17.9 Å². The number of aliphatic hydroxyl groups is 2. The van der Waals surface area contributed by atoms with E-state index in [1.807, 2.05) is 0 Å². The Hall–Kier alpha value is -1.52. The number of ether oxygens (including phenoxy) is 2. The highest BCUT2D eigenvalue weighted by Crippen LogP contribution is 2.37. The molecule has 2 heterocycles. The summed E-state index contributed by atoms with van der Waals surface area (Å²) in [6.07, 6.45) is -3.08. The van der Waals surface area contributed by atoms with Gasteiger partial charge in [-0.2, -0.15) is 0 Å². The van der Waals surface area contributed by atoms with Crippen LogP contribution in [0.5, 0.6) is 0 Å². The van der Waals surface area contributed by atoms with Gasteiger partial charge in [-0.05, 0) is 26.3 Å². The molecule has 1 unspecified atom stereocenters. The van der Waals surface area contributed by atoms with Crippen LogP contribution in [0.3, 0.4) is 0 Å². The van der Waals surface area contributed by atoms with E-state index in [0.717, 1.165) is 0 Å². The van der Waals surface area contributed by atoms with E-state index >= 15 is 0 Å². The minimum Gasteiger partial charge on any atom is -0.444 e. The minimum absolute atomic E-state index is 0.0615. The van der Waals surface area contributed by atoms with Gasteiger partial charge in [0.05, 0.1) is 17.7 Å². The van der Waals surface area contributed by atoms with Crippen molar-refractivity contribution in [1.29, 1.82) is 0 Å². The van der Waals surface area contributed by atoms with Gasteiger partial charge in [0.25, 0.3) is 0 Å². The second-order valence-electron chi connectivity index (χ2n) is 6.75. The smallest absolute Gasteiger partial charge is 0.407 e. The molecule has 1 fully saturated rings. The lowest BCUT2D eigenvalue weighted by molar-refractivity contribution is -0.148. The fourth-order valence-corrected chi connectivity index (χ4v) is 3.69. The Bertz CT molecular complexity index is 574. The Kier molecular flexibility index (Phi) is 6.53. The van der Waals surface area contributed by atoms with Gasteiger partial charge >= 0.3 is 6.09 Å². The maximum atomic E-state index is 11.6. The van der Waals surface area contributed by atoms with E-state index in [4.69, 9.17) is 15.0 Å². The third-order valence-corrected chi connectivity index (χ3v) is 4.75. The van der Waals surface area contributed by atoms with Gasteiger partial charge in [-0.1, -0.05) is 16.9 Å². The van der Waals surface area contributed by atoms with Gasteiger partial charge in [-0.25, -0.2) is 4.79 Å². The number of nitrogens with one attached hydrogen (secondary N) is 1. The van der Waals surface area contributed by atoms with Crippen molar-refractivity contribution in [1.82, 2.24) is 5.32 Å². The van der Waals surface area contributed by atoms with Gasteiger partial charge in [0.15, 0.2) is 0 Å². The van der Waals surface area contributed by atoms with Crippen LogP contribution in [0.25, 0.3) is 10.4 Å². The summed E-state index contributed by atoms with van der Waals surface area (Å²) in [6.45, 7) is 5.62. The first-order valence-electron chi connectivity index (χ1n) is 7.94. The summed E-state index contributed by atoms with van der Waals surface area (Å²) in [5, 5.41) is 27.0. The van der Waals surface area contributed by atoms with Crippen LogP contribution in [0.1, 0.15) is 27.2 Å². The van der Waals surface area contributed by atoms with Crippen molar-refractivity contribution in [2.24, 2.45) is 10.1 Å². The van der Waals surface area contributed by atoms with E-state index in [9.17, 15) is 15.0 Å². The zero-order valence-corrected chi connectivity index (χ0v) is 15.1. The molecule has 0 radical (unpaired) electrons. The largest absolute Gasteiger partial charge is 0.444 e. The molecule has 1 amide bonds. The van der Waals surface area contributed by atoms with Crippen LogP contribution in [0.2, 0.25) is 0 Å². The number of aliphatic hydroxyl groups excluding tert-OH is 2. The van der Waals surface area contributed by atoms with E-state index in [-0.39, 0.29) is 6.54 Å². The molecule has 0 aromatic carbocycles.